The molecule has 2 fully saturated rings. The lowest BCUT2D eigenvalue weighted by atomic mass is 9.95. The smallest absolute Gasteiger partial charge is 0.329 e. The first-order valence-corrected chi connectivity index (χ1v) is 36.9. The van der Waals surface area contributed by atoms with Crippen LogP contribution in [0.25, 0.3) is 0 Å². The van der Waals surface area contributed by atoms with Crippen molar-refractivity contribution in [2.45, 2.75) is 274 Å². The standard InChI is InChI=1S/C74H122N14O16/c1-20-44(17)59-70(99)81-54(39(7)8)66(95)78-50(36-47-29-23-22-24-30-47)64(93)76-48(21-2)62(91)84-58(43(15)16)74(103)104-46(19)61(72(101)85-59)87-69(98)55(40(9)10)80-63(92)49(31-26-34-75)77-65(94)51-32-27-35-88(51)73(102)57(42(13)14)83-68(97)56(41(11)12)82-71(100)60(45(18)89)86-67(96)53(38(5)6)79-52(90)33-25-28-37(3)4/h21-24,29-30,37-46,49-51,53-61,89H,20,25-28,31-36,75H2,1-19H3,(H,76,93)(H,77,94)(H,78,95)(H,79,90)(H,80,92)(H,81,99)(H,82,100)(H,83,97)(H,84,91)(H,85,101)(H,86,96)(H,87,98)/b48-21-/t44?,45?,46?,49-,50-,51?,53+,54+,55+,56-,57+,58-,59+,60-,61+/m0/s1. The largest absolute Gasteiger partial charge is 0.458 e. The van der Waals surface area contributed by atoms with Gasteiger partial charge in [-0.05, 0) is 112 Å². The van der Waals surface area contributed by atoms with Crippen molar-refractivity contribution in [2.75, 3.05) is 13.1 Å². The van der Waals surface area contributed by atoms with Gasteiger partial charge in [-0.1, -0.05) is 160 Å². The van der Waals surface area contributed by atoms with Crippen LogP contribution in [0.3, 0.4) is 0 Å². The van der Waals surface area contributed by atoms with Crippen LogP contribution >= 0.6 is 0 Å². The molecule has 584 valence electrons. The van der Waals surface area contributed by atoms with E-state index >= 15 is 0 Å². The van der Waals surface area contributed by atoms with Crippen LogP contribution in [0.2, 0.25) is 0 Å². The molecule has 104 heavy (non-hydrogen) atoms. The highest BCUT2D eigenvalue weighted by Gasteiger charge is 2.44. The number of nitrogens with one attached hydrogen (secondary N) is 12. The van der Waals surface area contributed by atoms with Crippen molar-refractivity contribution in [1.82, 2.24) is 68.7 Å². The first-order valence-electron chi connectivity index (χ1n) is 36.9. The summed E-state index contributed by atoms with van der Waals surface area (Å²) in [5.41, 5.74) is 6.32. The summed E-state index contributed by atoms with van der Waals surface area (Å²) in [5.74, 6) is -15.2. The number of hydrogen-bond acceptors (Lipinski definition) is 17. The van der Waals surface area contributed by atoms with E-state index in [1.807, 2.05) is 13.8 Å². The molecule has 0 bridgehead atoms. The van der Waals surface area contributed by atoms with Gasteiger partial charge < -0.3 is 84.3 Å². The SMILES string of the molecule is C/C=C1\NC(=O)[C@H](Cc2ccccc2)NC(=O)[C@@H](C(C)C)NC(=O)[C@@H](C(C)CC)NC(=O)[C@H](NC(=O)[C@H](NC(=O)[C@H](CCCN)NC(=O)C2CCCN2C(=O)[C@H](NC(=O)[C@@H](NC(=O)[C@@H](NC(=O)[C@H](NC(=O)CCCC(C)C)C(C)C)C(C)O)C(C)C)C(C)C)C(C)C)C(C)OC(=O)[C@H](C(C)C)NC1=O. The lowest BCUT2D eigenvalue weighted by Gasteiger charge is -2.33. The Morgan fingerprint density at radius 1 is 0.606 bits per heavy atom. The molecule has 15 N–H and O–H groups in total. The number of allylic oxidation sites excluding steroid dienone is 1. The molecular weight excluding hydrogens is 1340 g/mol. The Morgan fingerprint density at radius 3 is 1.65 bits per heavy atom. The van der Waals surface area contributed by atoms with Gasteiger partial charge in [-0.15, -0.1) is 0 Å². The lowest BCUT2D eigenvalue weighted by molar-refractivity contribution is -0.157. The van der Waals surface area contributed by atoms with Crippen molar-refractivity contribution in [3.05, 3.63) is 47.7 Å². The Labute approximate surface area is 613 Å². The quantitative estimate of drug-likeness (QED) is 0.0358. The summed E-state index contributed by atoms with van der Waals surface area (Å²) >= 11 is 0. The summed E-state index contributed by atoms with van der Waals surface area (Å²) in [6, 6.07) is -7.69. The number of amides is 13. The Hall–Kier alpha value is -8.54. The summed E-state index contributed by atoms with van der Waals surface area (Å²) in [6.07, 6.45) is 0.754. The van der Waals surface area contributed by atoms with Crippen molar-refractivity contribution < 1.29 is 77.0 Å². The molecule has 0 radical (unpaired) electrons. The number of nitrogens with two attached hydrogens (primary N) is 1. The van der Waals surface area contributed by atoms with E-state index in [0.29, 0.717) is 30.7 Å². The van der Waals surface area contributed by atoms with Crippen molar-refractivity contribution in [2.24, 2.45) is 53.1 Å². The number of likely N-dealkylation sites (tertiary alicyclic amines) is 1. The number of rotatable bonds is 32. The van der Waals surface area contributed by atoms with Crippen LogP contribution in [0.5, 0.6) is 0 Å². The molecule has 4 unspecified atom stereocenters. The Bertz CT molecular complexity index is 3140. The molecule has 2 aliphatic rings. The molecule has 1 aromatic carbocycles. The third kappa shape index (κ3) is 27.2. The summed E-state index contributed by atoms with van der Waals surface area (Å²) in [6.45, 7) is 31.5. The Kier molecular flexibility index (Phi) is 37.1. The van der Waals surface area contributed by atoms with E-state index in [1.165, 1.54) is 31.7 Å². The van der Waals surface area contributed by atoms with E-state index in [4.69, 9.17) is 10.5 Å². The van der Waals surface area contributed by atoms with Crippen LogP contribution in [0.1, 0.15) is 188 Å². The predicted octanol–water partition coefficient (Wildman–Crippen LogP) is 1.45. The van der Waals surface area contributed by atoms with Crippen molar-refractivity contribution in [3.8, 4) is 0 Å². The molecule has 13 amide bonds. The number of cyclic esters (lactones) is 1. The minimum absolute atomic E-state index is 0.0357. The minimum atomic E-state index is -1.83. The molecule has 2 saturated heterocycles. The molecule has 30 heteroatoms. The molecular formula is C74H122N14O16. The maximum atomic E-state index is 15.0. The van der Waals surface area contributed by atoms with Crippen LogP contribution in [-0.2, 0) is 78.3 Å². The molecule has 30 nitrogen and oxygen atoms in total. The predicted molar refractivity (Wildman–Crippen MR) is 391 cm³/mol. The van der Waals surface area contributed by atoms with Crippen LogP contribution in [0.4, 0.5) is 0 Å². The topological polar surface area (TPSA) is 442 Å². The van der Waals surface area contributed by atoms with E-state index in [-0.39, 0.29) is 56.8 Å². The zero-order chi connectivity index (χ0) is 78.7. The molecule has 0 spiro atoms. The van der Waals surface area contributed by atoms with Gasteiger partial charge in [0.25, 0.3) is 5.91 Å². The Morgan fingerprint density at radius 2 is 1.12 bits per heavy atom. The second-order valence-electron chi connectivity index (χ2n) is 30.0. The van der Waals surface area contributed by atoms with Crippen LogP contribution in [0.15, 0.2) is 42.1 Å². The second kappa shape index (κ2) is 43.0. The van der Waals surface area contributed by atoms with E-state index in [1.54, 1.807) is 127 Å². The van der Waals surface area contributed by atoms with E-state index in [0.717, 1.165) is 6.42 Å². The number of carbonyl (C=O) groups is 14. The summed E-state index contributed by atoms with van der Waals surface area (Å²) in [7, 11) is 0. The van der Waals surface area contributed by atoms with Gasteiger partial charge in [0.1, 0.15) is 84.3 Å². The number of nitrogens with zero attached hydrogens (tertiary/aromatic N) is 1. The summed E-state index contributed by atoms with van der Waals surface area (Å²) in [4.78, 5) is 201. The fourth-order valence-electron chi connectivity index (χ4n) is 12.0. The highest BCUT2D eigenvalue weighted by molar-refractivity contribution is 6.03. The van der Waals surface area contributed by atoms with Crippen molar-refractivity contribution >= 4 is 82.8 Å². The number of carbonyl (C=O) groups excluding carboxylic acids is 14. The van der Waals surface area contributed by atoms with E-state index in [9.17, 15) is 72.2 Å². The number of ether oxygens (including phenoxy) is 1. The second-order valence-corrected chi connectivity index (χ2v) is 30.0. The molecule has 0 aliphatic carbocycles. The molecule has 15 atom stereocenters. The number of hydrogen-bond donors (Lipinski definition) is 14. The average Bonchev–Trinajstić information content (AvgIpc) is 1.56. The number of aliphatic hydroxyl groups is 1. The van der Waals surface area contributed by atoms with Gasteiger partial charge in [0.05, 0.1) is 6.10 Å². The molecule has 0 saturated carbocycles. The first kappa shape index (κ1) is 89.7. The first-order chi connectivity index (χ1) is 48.7. The highest BCUT2D eigenvalue weighted by atomic mass is 16.5. The molecule has 2 aliphatic heterocycles. The van der Waals surface area contributed by atoms with Gasteiger partial charge in [0.15, 0.2) is 0 Å². The molecule has 0 aromatic heterocycles. The Balaban J connectivity index is 1.98. The van der Waals surface area contributed by atoms with Crippen molar-refractivity contribution in [3.63, 3.8) is 0 Å². The number of esters is 1. The van der Waals surface area contributed by atoms with E-state index < -0.39 is 203 Å². The van der Waals surface area contributed by atoms with Crippen LogP contribution < -0.4 is 69.5 Å². The fourth-order valence-corrected chi connectivity index (χ4v) is 12.0. The van der Waals surface area contributed by atoms with Gasteiger partial charge in [-0.25, -0.2) is 4.79 Å². The lowest BCUT2D eigenvalue weighted by Crippen LogP contribution is -2.64. The normalized spacial score (nSPS) is 22.4. The molecule has 3 rings (SSSR count). The minimum Gasteiger partial charge on any atom is -0.458 e. The van der Waals surface area contributed by atoms with Gasteiger partial charge in [0.2, 0.25) is 70.9 Å². The van der Waals surface area contributed by atoms with Crippen LogP contribution in [0, 0.1) is 47.3 Å². The maximum Gasteiger partial charge on any atom is 0.329 e. The van der Waals surface area contributed by atoms with Gasteiger partial charge in [-0.3, -0.25) is 62.3 Å². The number of benzene rings is 1. The zero-order valence-corrected chi connectivity index (χ0v) is 64.5. The molecule has 2 heterocycles. The van der Waals surface area contributed by atoms with Crippen LogP contribution in [-0.4, -0.2) is 191 Å². The van der Waals surface area contributed by atoms with Gasteiger partial charge >= 0.3 is 5.97 Å². The third-order valence-electron chi connectivity index (χ3n) is 18.7. The monoisotopic (exact) mass is 1460 g/mol. The number of aliphatic hydroxyl groups excluding tert-OH is 1. The summed E-state index contributed by atoms with van der Waals surface area (Å²) < 4.78 is 5.94. The van der Waals surface area contributed by atoms with E-state index in [2.05, 4.69) is 63.8 Å². The maximum absolute atomic E-state index is 15.0. The zero-order valence-electron chi connectivity index (χ0n) is 64.5. The van der Waals surface area contributed by atoms with Gasteiger partial charge in [-0.2, -0.15) is 0 Å². The molecule has 1 aromatic rings. The average molecular weight is 1460 g/mol. The van der Waals surface area contributed by atoms with Crippen molar-refractivity contribution in [1.29, 1.82) is 0 Å². The van der Waals surface area contributed by atoms with Gasteiger partial charge in [0, 0.05) is 19.4 Å². The highest BCUT2D eigenvalue weighted by Crippen LogP contribution is 2.23. The summed E-state index contributed by atoms with van der Waals surface area (Å²) in [5, 5.41) is 43.0. The fraction of sp³-hybridized carbons (Fsp3) is 0.703. The third-order valence-corrected chi connectivity index (χ3v) is 18.7.